The number of hydrogen-bond acceptors (Lipinski definition) is 3. The second-order valence-electron chi connectivity index (χ2n) is 6.52. The van der Waals surface area contributed by atoms with Crippen LogP contribution < -0.4 is 0 Å². The van der Waals surface area contributed by atoms with Crippen molar-refractivity contribution < 1.29 is 9.47 Å². The maximum atomic E-state index is 6.28. The summed E-state index contributed by atoms with van der Waals surface area (Å²) in [7, 11) is 0. The van der Waals surface area contributed by atoms with E-state index in [4.69, 9.17) is 9.47 Å². The van der Waals surface area contributed by atoms with Crippen molar-refractivity contribution in [2.75, 3.05) is 0 Å². The number of unbranched alkanes of at least 4 members (excludes halogenated alkanes) is 1. The van der Waals surface area contributed by atoms with Gasteiger partial charge in [0.25, 0.3) is 0 Å². The van der Waals surface area contributed by atoms with E-state index < -0.39 is 5.79 Å². The molecule has 0 spiro atoms. The van der Waals surface area contributed by atoms with Gasteiger partial charge in [-0.25, -0.2) is 4.98 Å². The van der Waals surface area contributed by atoms with Gasteiger partial charge in [-0.2, -0.15) is 0 Å². The Bertz CT molecular complexity index is 597. The average Bonchev–Trinajstić information content (AvgIpc) is 3.14. The normalized spacial score (nSPS) is 27.4. The summed E-state index contributed by atoms with van der Waals surface area (Å²) in [5, 5.41) is 0. The van der Waals surface area contributed by atoms with E-state index >= 15 is 0 Å². The van der Waals surface area contributed by atoms with Crippen LogP contribution in [0, 0.1) is 6.92 Å². The first-order valence-electron chi connectivity index (χ1n) is 8.47. The van der Waals surface area contributed by atoms with Crippen LogP contribution in [0.15, 0.2) is 43.0 Å². The van der Waals surface area contributed by atoms with Crippen LogP contribution in [0.3, 0.4) is 0 Å². The predicted molar refractivity (Wildman–Crippen MR) is 90.0 cm³/mol. The molecule has 0 bridgehead atoms. The summed E-state index contributed by atoms with van der Waals surface area (Å²) < 4.78 is 14.7. The van der Waals surface area contributed by atoms with Gasteiger partial charge < -0.3 is 14.0 Å². The molecule has 1 aliphatic heterocycles. The summed E-state index contributed by atoms with van der Waals surface area (Å²) in [4.78, 5) is 4.08. The zero-order valence-electron chi connectivity index (χ0n) is 14.2. The fourth-order valence-electron chi connectivity index (χ4n) is 3.10. The van der Waals surface area contributed by atoms with Crippen LogP contribution in [0.4, 0.5) is 0 Å². The standard InChI is InChI=1S/C19H26N2O2/c1-15-6-8-18(9-7-15)19(22-16(2)17(3)23-19)10-4-5-12-21-13-11-20-14-21/h6-9,11,13-14,16-17H,4-5,10,12H2,1-3H3. The molecule has 2 atom stereocenters. The molecule has 0 amide bonds. The lowest BCUT2D eigenvalue weighted by Gasteiger charge is -2.29. The van der Waals surface area contributed by atoms with E-state index in [9.17, 15) is 0 Å². The van der Waals surface area contributed by atoms with E-state index in [2.05, 4.69) is 54.6 Å². The first-order chi connectivity index (χ1) is 11.1. The number of hydrogen-bond donors (Lipinski definition) is 0. The van der Waals surface area contributed by atoms with Crippen LogP contribution >= 0.6 is 0 Å². The van der Waals surface area contributed by atoms with Crippen LogP contribution in [0.25, 0.3) is 0 Å². The summed E-state index contributed by atoms with van der Waals surface area (Å²) in [6.45, 7) is 7.26. The molecule has 1 aromatic carbocycles. The van der Waals surface area contributed by atoms with Crippen LogP contribution in [0.1, 0.15) is 44.2 Å². The van der Waals surface area contributed by atoms with E-state index in [-0.39, 0.29) is 12.2 Å². The highest BCUT2D eigenvalue weighted by Crippen LogP contribution is 2.41. The van der Waals surface area contributed by atoms with Gasteiger partial charge in [0.15, 0.2) is 5.79 Å². The van der Waals surface area contributed by atoms with Gasteiger partial charge in [-0.3, -0.25) is 0 Å². The minimum absolute atomic E-state index is 0.116. The van der Waals surface area contributed by atoms with Gasteiger partial charge in [0.05, 0.1) is 18.5 Å². The van der Waals surface area contributed by atoms with Crippen LogP contribution in [0.2, 0.25) is 0 Å². The fourth-order valence-corrected chi connectivity index (χ4v) is 3.10. The molecule has 1 saturated heterocycles. The maximum Gasteiger partial charge on any atom is 0.195 e. The van der Waals surface area contributed by atoms with Crippen LogP contribution in [-0.2, 0) is 21.8 Å². The van der Waals surface area contributed by atoms with Crippen molar-refractivity contribution >= 4 is 0 Å². The summed E-state index contributed by atoms with van der Waals surface area (Å²) in [5.74, 6) is -0.596. The van der Waals surface area contributed by atoms with Gasteiger partial charge in [-0.15, -0.1) is 0 Å². The molecular weight excluding hydrogens is 288 g/mol. The van der Waals surface area contributed by atoms with Crippen molar-refractivity contribution in [2.45, 2.75) is 64.6 Å². The highest BCUT2D eigenvalue weighted by atomic mass is 16.8. The minimum Gasteiger partial charge on any atom is -0.340 e. The van der Waals surface area contributed by atoms with Gasteiger partial charge in [0, 0.05) is 30.9 Å². The lowest BCUT2D eigenvalue weighted by Crippen LogP contribution is -2.28. The van der Waals surface area contributed by atoms with Crippen molar-refractivity contribution in [3.05, 3.63) is 54.1 Å². The Labute approximate surface area is 138 Å². The second-order valence-corrected chi connectivity index (χ2v) is 6.52. The maximum absolute atomic E-state index is 6.28. The Hall–Kier alpha value is -1.65. The number of rotatable bonds is 6. The molecule has 23 heavy (non-hydrogen) atoms. The lowest BCUT2D eigenvalue weighted by atomic mass is 9.98. The molecule has 2 unspecified atom stereocenters. The topological polar surface area (TPSA) is 36.3 Å². The fraction of sp³-hybridized carbons (Fsp3) is 0.526. The summed E-state index contributed by atoms with van der Waals surface area (Å²) in [5.41, 5.74) is 2.38. The Kier molecular flexibility index (Phi) is 4.83. The molecule has 2 heterocycles. The molecule has 0 radical (unpaired) electrons. The van der Waals surface area contributed by atoms with Gasteiger partial charge in [-0.1, -0.05) is 29.8 Å². The van der Waals surface area contributed by atoms with Crippen molar-refractivity contribution in [1.82, 2.24) is 9.55 Å². The van der Waals surface area contributed by atoms with Gasteiger partial charge >= 0.3 is 0 Å². The number of benzene rings is 1. The van der Waals surface area contributed by atoms with Crippen molar-refractivity contribution in [3.8, 4) is 0 Å². The van der Waals surface area contributed by atoms with Crippen molar-refractivity contribution in [3.63, 3.8) is 0 Å². The molecular formula is C19H26N2O2. The smallest absolute Gasteiger partial charge is 0.195 e. The lowest BCUT2D eigenvalue weighted by molar-refractivity contribution is -0.187. The Balaban J connectivity index is 1.67. The predicted octanol–water partition coefficient (Wildman–Crippen LogP) is 4.04. The van der Waals surface area contributed by atoms with E-state index in [0.717, 1.165) is 31.4 Å². The highest BCUT2D eigenvalue weighted by Gasteiger charge is 2.44. The van der Waals surface area contributed by atoms with Gasteiger partial charge in [-0.05, 0) is 33.6 Å². The highest BCUT2D eigenvalue weighted by molar-refractivity contribution is 5.26. The Morgan fingerprint density at radius 1 is 1.09 bits per heavy atom. The molecule has 2 aromatic rings. The number of ether oxygens (including phenoxy) is 2. The summed E-state index contributed by atoms with van der Waals surface area (Å²) in [6, 6.07) is 8.53. The third-order valence-corrected chi connectivity index (χ3v) is 4.64. The van der Waals surface area contributed by atoms with E-state index in [1.807, 2.05) is 18.7 Å². The zero-order chi connectivity index (χ0) is 16.3. The van der Waals surface area contributed by atoms with E-state index in [1.54, 1.807) is 0 Å². The molecule has 4 heteroatoms. The SMILES string of the molecule is Cc1ccc(C2(CCCCn3ccnc3)OC(C)C(C)O2)cc1. The number of imidazole rings is 1. The molecule has 3 rings (SSSR count). The first-order valence-corrected chi connectivity index (χ1v) is 8.47. The summed E-state index contributed by atoms with van der Waals surface area (Å²) >= 11 is 0. The molecule has 1 aliphatic rings. The van der Waals surface area contributed by atoms with E-state index in [0.29, 0.717) is 0 Å². The van der Waals surface area contributed by atoms with E-state index in [1.165, 1.54) is 5.56 Å². The zero-order valence-corrected chi connectivity index (χ0v) is 14.2. The number of aromatic nitrogens is 2. The molecule has 0 aliphatic carbocycles. The molecule has 124 valence electrons. The van der Waals surface area contributed by atoms with Crippen molar-refractivity contribution in [2.24, 2.45) is 0 Å². The third kappa shape index (κ3) is 3.65. The largest absolute Gasteiger partial charge is 0.340 e. The average molecular weight is 314 g/mol. The Morgan fingerprint density at radius 2 is 1.78 bits per heavy atom. The summed E-state index contributed by atoms with van der Waals surface area (Å²) in [6.07, 6.45) is 8.92. The Morgan fingerprint density at radius 3 is 2.39 bits per heavy atom. The van der Waals surface area contributed by atoms with Gasteiger partial charge in [0.1, 0.15) is 0 Å². The second kappa shape index (κ2) is 6.85. The molecule has 0 saturated carbocycles. The first kappa shape index (κ1) is 16.2. The van der Waals surface area contributed by atoms with Gasteiger partial charge in [0.2, 0.25) is 0 Å². The van der Waals surface area contributed by atoms with Crippen molar-refractivity contribution in [1.29, 1.82) is 0 Å². The third-order valence-electron chi connectivity index (χ3n) is 4.64. The molecule has 1 aromatic heterocycles. The van der Waals surface area contributed by atoms with Crippen LogP contribution in [0.5, 0.6) is 0 Å². The molecule has 0 N–H and O–H groups in total. The van der Waals surface area contributed by atoms with Crippen LogP contribution in [-0.4, -0.2) is 21.8 Å². The minimum atomic E-state index is -0.596. The number of aryl methyl sites for hydroxylation is 2. The quantitative estimate of drug-likeness (QED) is 0.755. The molecule has 4 nitrogen and oxygen atoms in total. The molecule has 1 fully saturated rings. The number of nitrogens with zero attached hydrogens (tertiary/aromatic N) is 2. The monoisotopic (exact) mass is 314 g/mol.